The number of anilines is 2. The van der Waals surface area contributed by atoms with Gasteiger partial charge in [-0.2, -0.15) is 5.10 Å². The van der Waals surface area contributed by atoms with Gasteiger partial charge in [0.1, 0.15) is 0 Å². The molecule has 118 valence electrons. The minimum absolute atomic E-state index is 0.148. The summed E-state index contributed by atoms with van der Waals surface area (Å²) in [7, 11) is 0. The minimum atomic E-state index is -1.19. The molecule has 3 aromatic carbocycles. The number of hydrogen-bond acceptors (Lipinski definition) is 4. The van der Waals surface area contributed by atoms with Crippen LogP contribution < -0.4 is 10.1 Å². The SMILES string of the molecule is O=C([O-])c1ccc(/C=N\N(c2ccccc2)c2ccccc2)cc1. The van der Waals surface area contributed by atoms with Crippen molar-refractivity contribution in [2.45, 2.75) is 0 Å². The molecule has 0 heterocycles. The van der Waals surface area contributed by atoms with Crippen LogP contribution in [0.5, 0.6) is 0 Å². The number of benzene rings is 3. The average Bonchev–Trinajstić information content (AvgIpc) is 2.64. The lowest BCUT2D eigenvalue weighted by atomic mass is 10.1. The van der Waals surface area contributed by atoms with Crippen molar-refractivity contribution in [3.8, 4) is 0 Å². The molecule has 4 heteroatoms. The molecule has 0 aromatic heterocycles. The topological polar surface area (TPSA) is 55.7 Å². The number of para-hydroxylation sites is 2. The van der Waals surface area contributed by atoms with Crippen LogP contribution in [0.3, 0.4) is 0 Å². The number of hydrazone groups is 1. The smallest absolute Gasteiger partial charge is 0.0715 e. The normalized spacial score (nSPS) is 10.7. The van der Waals surface area contributed by atoms with Gasteiger partial charge in [-0.3, -0.25) is 0 Å². The largest absolute Gasteiger partial charge is 0.545 e. The van der Waals surface area contributed by atoms with Crippen molar-refractivity contribution < 1.29 is 9.90 Å². The Kier molecular flexibility index (Phi) is 4.68. The Morgan fingerprint density at radius 3 is 1.75 bits per heavy atom. The maximum Gasteiger partial charge on any atom is 0.0715 e. The van der Waals surface area contributed by atoms with Crippen LogP contribution in [0.25, 0.3) is 0 Å². The van der Waals surface area contributed by atoms with Crippen LogP contribution >= 0.6 is 0 Å². The fraction of sp³-hybridized carbons (Fsp3) is 0. The van der Waals surface area contributed by atoms with E-state index in [1.807, 2.05) is 65.7 Å². The lowest BCUT2D eigenvalue weighted by Crippen LogP contribution is -2.22. The molecule has 0 saturated heterocycles. The lowest BCUT2D eigenvalue weighted by Gasteiger charge is -2.19. The first-order chi connectivity index (χ1) is 11.7. The van der Waals surface area contributed by atoms with E-state index in [0.717, 1.165) is 16.9 Å². The van der Waals surface area contributed by atoms with Gasteiger partial charge in [-0.25, -0.2) is 5.01 Å². The molecule has 0 unspecified atom stereocenters. The molecule has 0 radical (unpaired) electrons. The predicted octanol–water partition coefficient (Wildman–Crippen LogP) is 3.22. The Bertz CT molecular complexity index is 789. The number of aromatic carboxylic acids is 1. The van der Waals surface area contributed by atoms with E-state index < -0.39 is 5.97 Å². The number of carboxylic acids is 1. The number of nitrogens with zero attached hydrogens (tertiary/aromatic N) is 2. The van der Waals surface area contributed by atoms with Gasteiger partial charge in [0.05, 0.1) is 23.6 Å². The first kappa shape index (κ1) is 15.5. The maximum atomic E-state index is 10.8. The molecular weight excluding hydrogens is 300 g/mol. The molecule has 0 aliphatic heterocycles. The monoisotopic (exact) mass is 315 g/mol. The van der Waals surface area contributed by atoms with Crippen molar-refractivity contribution in [3.05, 3.63) is 96.1 Å². The van der Waals surface area contributed by atoms with Gasteiger partial charge in [0.2, 0.25) is 0 Å². The van der Waals surface area contributed by atoms with Gasteiger partial charge >= 0.3 is 0 Å². The average molecular weight is 315 g/mol. The molecule has 0 N–H and O–H groups in total. The molecule has 0 fully saturated rings. The second kappa shape index (κ2) is 7.24. The second-order valence-electron chi connectivity index (χ2n) is 5.14. The van der Waals surface area contributed by atoms with Gasteiger partial charge < -0.3 is 9.90 Å². The molecule has 3 aromatic rings. The van der Waals surface area contributed by atoms with E-state index in [1.54, 1.807) is 18.3 Å². The highest BCUT2D eigenvalue weighted by Crippen LogP contribution is 2.25. The fourth-order valence-electron chi connectivity index (χ4n) is 2.25. The van der Waals surface area contributed by atoms with Gasteiger partial charge in [0, 0.05) is 0 Å². The number of carbonyl (C=O) groups is 1. The summed E-state index contributed by atoms with van der Waals surface area (Å²) in [5.74, 6) is -1.19. The van der Waals surface area contributed by atoms with Gasteiger partial charge in [-0.1, -0.05) is 60.7 Å². The van der Waals surface area contributed by atoms with Crippen molar-refractivity contribution in [1.82, 2.24) is 0 Å². The summed E-state index contributed by atoms with van der Waals surface area (Å²) in [6.07, 6.45) is 1.69. The third-order valence-corrected chi connectivity index (χ3v) is 3.47. The van der Waals surface area contributed by atoms with Crippen molar-refractivity contribution in [2.24, 2.45) is 5.10 Å². The molecule has 0 atom stereocenters. The molecule has 0 aliphatic rings. The molecule has 0 aliphatic carbocycles. The highest BCUT2D eigenvalue weighted by atomic mass is 16.4. The highest BCUT2D eigenvalue weighted by Gasteiger charge is 2.06. The van der Waals surface area contributed by atoms with E-state index in [-0.39, 0.29) is 5.56 Å². The summed E-state index contributed by atoms with van der Waals surface area (Å²) in [5, 5.41) is 17.2. The van der Waals surface area contributed by atoms with Crippen LogP contribution in [0.15, 0.2) is 90.0 Å². The van der Waals surface area contributed by atoms with E-state index in [9.17, 15) is 9.90 Å². The van der Waals surface area contributed by atoms with Gasteiger partial charge in [-0.15, -0.1) is 0 Å². The second-order valence-corrected chi connectivity index (χ2v) is 5.14. The minimum Gasteiger partial charge on any atom is -0.545 e. The van der Waals surface area contributed by atoms with Crippen LogP contribution in [-0.4, -0.2) is 12.2 Å². The highest BCUT2D eigenvalue weighted by molar-refractivity contribution is 5.88. The van der Waals surface area contributed by atoms with Gasteiger partial charge in [0.25, 0.3) is 0 Å². The lowest BCUT2D eigenvalue weighted by molar-refractivity contribution is -0.255. The summed E-state index contributed by atoms with van der Waals surface area (Å²) in [4.78, 5) is 10.8. The molecule has 24 heavy (non-hydrogen) atoms. The standard InChI is InChI=1S/C20H16N2O2/c23-20(24)17-13-11-16(12-14-17)15-21-22(18-7-3-1-4-8-18)19-9-5-2-6-10-19/h1-15H,(H,23,24)/p-1/b21-15-. The van der Waals surface area contributed by atoms with E-state index in [1.165, 1.54) is 12.1 Å². The Balaban J connectivity index is 1.90. The molecular formula is C20H15N2O2-. The summed E-state index contributed by atoms with van der Waals surface area (Å²) >= 11 is 0. The first-order valence-corrected chi connectivity index (χ1v) is 7.50. The Hall–Kier alpha value is -3.40. The molecule has 0 amide bonds. The summed E-state index contributed by atoms with van der Waals surface area (Å²) in [5.41, 5.74) is 2.82. The summed E-state index contributed by atoms with van der Waals surface area (Å²) in [6.45, 7) is 0. The molecule has 3 rings (SSSR count). The predicted molar refractivity (Wildman–Crippen MR) is 93.4 cm³/mol. The van der Waals surface area contributed by atoms with Gasteiger partial charge in [0.15, 0.2) is 0 Å². The third-order valence-electron chi connectivity index (χ3n) is 3.47. The van der Waals surface area contributed by atoms with Crippen LogP contribution in [0.2, 0.25) is 0 Å². The Morgan fingerprint density at radius 1 is 0.792 bits per heavy atom. The van der Waals surface area contributed by atoms with Crippen molar-refractivity contribution >= 4 is 23.6 Å². The van der Waals surface area contributed by atoms with Crippen LogP contribution in [-0.2, 0) is 0 Å². The van der Waals surface area contributed by atoms with Crippen molar-refractivity contribution in [2.75, 3.05) is 5.01 Å². The number of hydrogen-bond donors (Lipinski definition) is 0. The zero-order valence-corrected chi connectivity index (χ0v) is 12.9. The van der Waals surface area contributed by atoms with Crippen LogP contribution in [0.1, 0.15) is 15.9 Å². The van der Waals surface area contributed by atoms with E-state index in [4.69, 9.17) is 0 Å². The summed E-state index contributed by atoms with van der Waals surface area (Å²) < 4.78 is 0. The molecule has 0 bridgehead atoms. The van der Waals surface area contributed by atoms with Crippen LogP contribution in [0, 0.1) is 0 Å². The van der Waals surface area contributed by atoms with E-state index in [0.29, 0.717) is 0 Å². The van der Waals surface area contributed by atoms with E-state index >= 15 is 0 Å². The third kappa shape index (κ3) is 3.67. The van der Waals surface area contributed by atoms with Crippen molar-refractivity contribution in [3.63, 3.8) is 0 Å². The van der Waals surface area contributed by atoms with Gasteiger partial charge in [-0.05, 0) is 35.4 Å². The van der Waals surface area contributed by atoms with Crippen LogP contribution in [0.4, 0.5) is 11.4 Å². The zero-order valence-electron chi connectivity index (χ0n) is 12.9. The fourth-order valence-corrected chi connectivity index (χ4v) is 2.25. The molecule has 0 saturated carbocycles. The summed E-state index contributed by atoms with van der Waals surface area (Å²) in [6, 6.07) is 26.0. The maximum absolute atomic E-state index is 10.8. The first-order valence-electron chi connectivity index (χ1n) is 7.50. The number of carboxylic acid groups (broad SMARTS) is 1. The number of rotatable bonds is 5. The molecule has 4 nitrogen and oxygen atoms in total. The Morgan fingerprint density at radius 2 is 1.29 bits per heavy atom. The number of carbonyl (C=O) groups excluding carboxylic acids is 1. The van der Waals surface area contributed by atoms with Crippen molar-refractivity contribution in [1.29, 1.82) is 0 Å². The van der Waals surface area contributed by atoms with E-state index in [2.05, 4.69) is 5.10 Å². The Labute approximate surface area is 140 Å². The molecule has 0 spiro atoms. The zero-order chi connectivity index (χ0) is 16.8. The quantitative estimate of drug-likeness (QED) is 0.536.